The van der Waals surface area contributed by atoms with Gasteiger partial charge in [0.1, 0.15) is 0 Å². The van der Waals surface area contributed by atoms with Gasteiger partial charge >= 0.3 is 5.97 Å². The predicted molar refractivity (Wildman–Crippen MR) is 94.4 cm³/mol. The minimum absolute atomic E-state index is 0.127. The number of rotatable bonds is 7. The zero-order chi connectivity index (χ0) is 19.3. The molecule has 1 aliphatic heterocycles. The van der Waals surface area contributed by atoms with Gasteiger partial charge in [-0.15, -0.1) is 0 Å². The molecular weight excluding hydrogens is 360 g/mol. The summed E-state index contributed by atoms with van der Waals surface area (Å²) in [7, 11) is -3.58. The second-order valence-electron chi connectivity index (χ2n) is 5.94. The highest BCUT2D eigenvalue weighted by Crippen LogP contribution is 2.19. The molecule has 1 atom stereocenters. The van der Waals surface area contributed by atoms with E-state index >= 15 is 0 Å². The van der Waals surface area contributed by atoms with Crippen LogP contribution in [0, 0.1) is 0 Å². The van der Waals surface area contributed by atoms with E-state index in [1.807, 2.05) is 0 Å². The summed E-state index contributed by atoms with van der Waals surface area (Å²) in [4.78, 5) is 25.3. The van der Waals surface area contributed by atoms with Crippen LogP contribution in [0.3, 0.4) is 0 Å². The highest BCUT2D eigenvalue weighted by atomic mass is 32.2. The Labute approximate surface area is 153 Å². The number of carbonyl (C=O) groups excluding carboxylic acids is 1. The van der Waals surface area contributed by atoms with Gasteiger partial charge in [-0.25, -0.2) is 8.42 Å². The van der Waals surface area contributed by atoms with E-state index < -0.39 is 22.0 Å². The van der Waals surface area contributed by atoms with Crippen LogP contribution in [0.25, 0.3) is 0 Å². The lowest BCUT2D eigenvalue weighted by Gasteiger charge is -2.34. The molecule has 26 heavy (non-hydrogen) atoms. The number of benzene rings is 1. The molecule has 1 aliphatic rings. The number of nitrogens with zero attached hydrogens (tertiary/aromatic N) is 2. The molecular formula is C17H24N2O6S. The second kappa shape index (κ2) is 8.61. The van der Waals surface area contributed by atoms with Crippen LogP contribution in [-0.4, -0.2) is 73.5 Å². The summed E-state index contributed by atoms with van der Waals surface area (Å²) in [5.41, 5.74) is 0.320. The van der Waals surface area contributed by atoms with Crippen molar-refractivity contribution in [3.63, 3.8) is 0 Å². The maximum Gasteiger partial charge on any atom is 0.305 e. The fraction of sp³-hybridized carbons (Fsp3) is 0.529. The monoisotopic (exact) mass is 384 g/mol. The summed E-state index contributed by atoms with van der Waals surface area (Å²) >= 11 is 0. The fourth-order valence-electron chi connectivity index (χ4n) is 2.94. The fourth-order valence-corrected chi connectivity index (χ4v) is 4.40. The van der Waals surface area contributed by atoms with Gasteiger partial charge in [-0.1, -0.05) is 13.8 Å². The molecule has 1 saturated heterocycles. The Balaban J connectivity index is 2.21. The first-order chi connectivity index (χ1) is 12.3. The molecule has 1 amide bonds. The number of carboxylic acids is 1. The molecule has 1 heterocycles. The third kappa shape index (κ3) is 4.40. The molecule has 1 aromatic rings. The first-order valence-electron chi connectivity index (χ1n) is 8.52. The predicted octanol–water partition coefficient (Wildman–Crippen LogP) is 1.03. The highest BCUT2D eigenvalue weighted by Gasteiger charge is 2.30. The van der Waals surface area contributed by atoms with Crippen molar-refractivity contribution in [3.8, 4) is 0 Å². The van der Waals surface area contributed by atoms with Crippen molar-refractivity contribution in [2.45, 2.75) is 31.2 Å². The van der Waals surface area contributed by atoms with Crippen LogP contribution in [0.5, 0.6) is 0 Å². The summed E-state index contributed by atoms with van der Waals surface area (Å²) in [6, 6.07) is 5.21. The van der Waals surface area contributed by atoms with E-state index in [0.29, 0.717) is 31.8 Å². The van der Waals surface area contributed by atoms with Crippen molar-refractivity contribution in [1.82, 2.24) is 9.21 Å². The summed E-state index contributed by atoms with van der Waals surface area (Å²) in [6.45, 7) is 5.08. The molecule has 0 saturated carbocycles. The van der Waals surface area contributed by atoms with Crippen molar-refractivity contribution in [2.24, 2.45) is 0 Å². The van der Waals surface area contributed by atoms with E-state index in [-0.39, 0.29) is 23.8 Å². The average molecular weight is 384 g/mol. The van der Waals surface area contributed by atoms with Gasteiger partial charge in [-0.3, -0.25) is 9.59 Å². The Kier molecular flexibility index (Phi) is 6.74. The molecule has 1 N–H and O–H groups in total. The zero-order valence-corrected chi connectivity index (χ0v) is 15.7. The molecule has 0 aliphatic carbocycles. The lowest BCUT2D eigenvalue weighted by atomic mass is 10.1. The summed E-state index contributed by atoms with van der Waals surface area (Å²) in [6.07, 6.45) is -0.194. The van der Waals surface area contributed by atoms with Crippen molar-refractivity contribution in [1.29, 1.82) is 0 Å². The van der Waals surface area contributed by atoms with Crippen molar-refractivity contribution < 1.29 is 27.9 Å². The number of hydrogen-bond acceptors (Lipinski definition) is 5. The third-order valence-electron chi connectivity index (χ3n) is 4.34. The van der Waals surface area contributed by atoms with Crippen LogP contribution in [-0.2, 0) is 19.6 Å². The topological polar surface area (TPSA) is 104 Å². The van der Waals surface area contributed by atoms with E-state index in [0.717, 1.165) is 0 Å². The number of carboxylic acid groups (broad SMARTS) is 1. The van der Waals surface area contributed by atoms with Crippen LogP contribution in [0.4, 0.5) is 0 Å². The van der Waals surface area contributed by atoms with E-state index in [9.17, 15) is 18.0 Å². The molecule has 9 heteroatoms. The van der Waals surface area contributed by atoms with Gasteiger partial charge in [0.05, 0.1) is 30.6 Å². The Morgan fingerprint density at radius 1 is 1.23 bits per heavy atom. The summed E-state index contributed by atoms with van der Waals surface area (Å²) in [5, 5.41) is 9.00. The van der Waals surface area contributed by atoms with Crippen LogP contribution >= 0.6 is 0 Å². The third-order valence-corrected chi connectivity index (χ3v) is 6.41. The maximum absolute atomic E-state index is 12.7. The second-order valence-corrected chi connectivity index (χ2v) is 7.88. The van der Waals surface area contributed by atoms with E-state index in [1.54, 1.807) is 13.8 Å². The molecule has 8 nitrogen and oxygen atoms in total. The largest absolute Gasteiger partial charge is 0.481 e. The maximum atomic E-state index is 12.7. The average Bonchev–Trinajstić information content (AvgIpc) is 2.62. The molecule has 144 valence electrons. The highest BCUT2D eigenvalue weighted by molar-refractivity contribution is 7.89. The first-order valence-corrected chi connectivity index (χ1v) is 9.96. The smallest absolute Gasteiger partial charge is 0.305 e. The van der Waals surface area contributed by atoms with Gasteiger partial charge in [-0.2, -0.15) is 4.31 Å². The van der Waals surface area contributed by atoms with Crippen LogP contribution in [0.2, 0.25) is 0 Å². The Morgan fingerprint density at radius 3 is 2.38 bits per heavy atom. The van der Waals surface area contributed by atoms with Gasteiger partial charge < -0.3 is 14.7 Å². The number of hydrogen-bond donors (Lipinski definition) is 1. The summed E-state index contributed by atoms with van der Waals surface area (Å²) in [5.74, 6) is -1.33. The number of amides is 1. The van der Waals surface area contributed by atoms with Gasteiger partial charge in [0.25, 0.3) is 5.91 Å². The Bertz CT molecular complexity index is 743. The number of ether oxygens (including phenoxy) is 1. The van der Waals surface area contributed by atoms with Crippen LogP contribution in [0.1, 0.15) is 30.6 Å². The van der Waals surface area contributed by atoms with Gasteiger partial charge in [0.2, 0.25) is 10.0 Å². The number of carbonyl (C=O) groups is 2. The quantitative estimate of drug-likeness (QED) is 0.753. The molecule has 0 aromatic heterocycles. The Morgan fingerprint density at radius 2 is 1.85 bits per heavy atom. The summed E-state index contributed by atoms with van der Waals surface area (Å²) < 4.78 is 31.6. The van der Waals surface area contributed by atoms with E-state index in [1.165, 1.54) is 33.5 Å². The minimum Gasteiger partial charge on any atom is -0.481 e. The molecule has 2 rings (SSSR count). The van der Waals surface area contributed by atoms with E-state index in [4.69, 9.17) is 9.84 Å². The molecule has 1 fully saturated rings. The normalized spacial score (nSPS) is 18.1. The number of aliphatic carboxylic acids is 1. The first kappa shape index (κ1) is 20.3. The molecule has 1 unspecified atom stereocenters. The number of morpholine rings is 1. The van der Waals surface area contributed by atoms with Crippen LogP contribution in [0.15, 0.2) is 29.2 Å². The van der Waals surface area contributed by atoms with Crippen LogP contribution < -0.4 is 0 Å². The SMILES string of the molecule is CCN(CC)S(=O)(=O)c1ccc(C(=O)N2CCOCC2CC(=O)O)cc1. The van der Waals surface area contributed by atoms with Gasteiger partial charge in [-0.05, 0) is 24.3 Å². The van der Waals surface area contributed by atoms with E-state index in [2.05, 4.69) is 0 Å². The minimum atomic E-state index is -3.58. The van der Waals surface area contributed by atoms with Gasteiger partial charge in [0.15, 0.2) is 0 Å². The molecule has 0 bridgehead atoms. The Hall–Kier alpha value is -1.97. The number of sulfonamides is 1. The lowest BCUT2D eigenvalue weighted by molar-refractivity contribution is -0.139. The molecule has 0 spiro atoms. The standard InChI is InChI=1S/C17H24N2O6S/c1-3-18(4-2)26(23,24)15-7-5-13(6-8-15)17(22)19-9-10-25-12-14(19)11-16(20)21/h5-8,14H,3-4,9-12H2,1-2H3,(H,20,21). The molecule has 1 aromatic carbocycles. The molecule has 0 radical (unpaired) electrons. The van der Waals surface area contributed by atoms with Crippen molar-refractivity contribution >= 4 is 21.9 Å². The van der Waals surface area contributed by atoms with Crippen molar-refractivity contribution in [2.75, 3.05) is 32.8 Å². The lowest BCUT2D eigenvalue weighted by Crippen LogP contribution is -2.49. The van der Waals surface area contributed by atoms with Gasteiger partial charge in [0, 0.05) is 25.2 Å². The zero-order valence-electron chi connectivity index (χ0n) is 14.9. The van der Waals surface area contributed by atoms with Crippen molar-refractivity contribution in [3.05, 3.63) is 29.8 Å².